The standard InChI is InChI=1S/C11H20N2O/c1-3-4-7-11(14)13(2)10-6-5-8-12-9-10/h3,10,12H,1,4-9H2,2H3. The van der Waals surface area contributed by atoms with E-state index < -0.39 is 0 Å². The number of hydrogen-bond acceptors (Lipinski definition) is 2. The SMILES string of the molecule is C=CCCC(=O)N(C)C1CCCNC1. The molecule has 0 radical (unpaired) electrons. The Morgan fingerprint density at radius 2 is 2.50 bits per heavy atom. The molecule has 1 aliphatic rings. The quantitative estimate of drug-likeness (QED) is 0.684. The van der Waals surface area contributed by atoms with Gasteiger partial charge < -0.3 is 10.2 Å². The molecular formula is C11H20N2O. The zero-order chi connectivity index (χ0) is 10.4. The second-order valence-electron chi connectivity index (χ2n) is 3.83. The normalized spacial score (nSPS) is 21.6. The highest BCUT2D eigenvalue weighted by Crippen LogP contribution is 2.10. The number of rotatable bonds is 4. The van der Waals surface area contributed by atoms with E-state index in [1.165, 1.54) is 6.42 Å². The van der Waals surface area contributed by atoms with Crippen LogP contribution in [0.4, 0.5) is 0 Å². The van der Waals surface area contributed by atoms with Gasteiger partial charge in [-0.05, 0) is 25.8 Å². The van der Waals surface area contributed by atoms with Crippen LogP contribution in [0.2, 0.25) is 0 Å². The van der Waals surface area contributed by atoms with Crippen LogP contribution in [0.3, 0.4) is 0 Å². The largest absolute Gasteiger partial charge is 0.341 e. The van der Waals surface area contributed by atoms with Gasteiger partial charge in [0.1, 0.15) is 0 Å². The maximum atomic E-state index is 11.7. The summed E-state index contributed by atoms with van der Waals surface area (Å²) < 4.78 is 0. The van der Waals surface area contributed by atoms with Crippen LogP contribution in [-0.4, -0.2) is 37.0 Å². The van der Waals surface area contributed by atoms with Gasteiger partial charge in [0.2, 0.25) is 5.91 Å². The van der Waals surface area contributed by atoms with Crippen LogP contribution in [-0.2, 0) is 4.79 Å². The molecule has 1 atom stereocenters. The van der Waals surface area contributed by atoms with Crippen LogP contribution in [0.15, 0.2) is 12.7 Å². The summed E-state index contributed by atoms with van der Waals surface area (Å²) in [6.07, 6.45) is 5.47. The van der Waals surface area contributed by atoms with Gasteiger partial charge in [-0.3, -0.25) is 4.79 Å². The molecule has 0 aromatic rings. The van der Waals surface area contributed by atoms with E-state index in [-0.39, 0.29) is 5.91 Å². The van der Waals surface area contributed by atoms with E-state index in [0.717, 1.165) is 25.9 Å². The highest BCUT2D eigenvalue weighted by molar-refractivity contribution is 5.76. The second-order valence-corrected chi connectivity index (χ2v) is 3.83. The fourth-order valence-electron chi connectivity index (χ4n) is 1.77. The molecule has 80 valence electrons. The summed E-state index contributed by atoms with van der Waals surface area (Å²) in [5.74, 6) is 0.235. The first kappa shape index (κ1) is 11.2. The van der Waals surface area contributed by atoms with Crippen molar-refractivity contribution in [1.82, 2.24) is 10.2 Å². The summed E-state index contributed by atoms with van der Waals surface area (Å²) >= 11 is 0. The predicted octanol–water partition coefficient (Wildman–Crippen LogP) is 1.16. The van der Waals surface area contributed by atoms with Gasteiger partial charge in [-0.15, -0.1) is 6.58 Å². The van der Waals surface area contributed by atoms with Crippen molar-refractivity contribution in [3.8, 4) is 0 Å². The Bertz CT molecular complexity index is 197. The van der Waals surface area contributed by atoms with E-state index in [2.05, 4.69) is 11.9 Å². The van der Waals surface area contributed by atoms with Gasteiger partial charge in [0.05, 0.1) is 0 Å². The Kier molecular flexibility index (Phi) is 4.66. The van der Waals surface area contributed by atoms with Crippen LogP contribution in [0.5, 0.6) is 0 Å². The van der Waals surface area contributed by atoms with Crippen molar-refractivity contribution < 1.29 is 4.79 Å². The molecule has 1 amide bonds. The fraction of sp³-hybridized carbons (Fsp3) is 0.727. The smallest absolute Gasteiger partial charge is 0.222 e. The van der Waals surface area contributed by atoms with E-state index in [9.17, 15) is 4.79 Å². The Morgan fingerprint density at radius 3 is 3.07 bits per heavy atom. The number of amides is 1. The summed E-state index contributed by atoms with van der Waals surface area (Å²) in [7, 11) is 1.91. The maximum absolute atomic E-state index is 11.7. The molecule has 3 nitrogen and oxygen atoms in total. The number of allylic oxidation sites excluding steroid dienone is 1. The Balaban J connectivity index is 2.33. The maximum Gasteiger partial charge on any atom is 0.222 e. The van der Waals surface area contributed by atoms with Gasteiger partial charge in [-0.2, -0.15) is 0 Å². The lowest BCUT2D eigenvalue weighted by Crippen LogP contribution is -2.46. The van der Waals surface area contributed by atoms with Crippen molar-refractivity contribution in [3.05, 3.63) is 12.7 Å². The average molecular weight is 196 g/mol. The molecule has 3 heteroatoms. The first-order valence-electron chi connectivity index (χ1n) is 5.33. The van der Waals surface area contributed by atoms with E-state index in [1.807, 2.05) is 11.9 Å². The molecule has 0 bridgehead atoms. The molecule has 0 aromatic heterocycles. The van der Waals surface area contributed by atoms with Crippen molar-refractivity contribution in [1.29, 1.82) is 0 Å². The van der Waals surface area contributed by atoms with E-state index in [0.29, 0.717) is 12.5 Å². The minimum absolute atomic E-state index is 0.235. The van der Waals surface area contributed by atoms with E-state index in [1.54, 1.807) is 6.08 Å². The van der Waals surface area contributed by atoms with Crippen molar-refractivity contribution in [2.45, 2.75) is 31.7 Å². The zero-order valence-electron chi connectivity index (χ0n) is 8.96. The minimum atomic E-state index is 0.235. The van der Waals surface area contributed by atoms with Crippen molar-refractivity contribution in [2.24, 2.45) is 0 Å². The third-order valence-electron chi connectivity index (χ3n) is 2.77. The second kappa shape index (κ2) is 5.81. The van der Waals surface area contributed by atoms with Gasteiger partial charge in [0.25, 0.3) is 0 Å². The summed E-state index contributed by atoms with van der Waals surface area (Å²) in [4.78, 5) is 13.5. The highest BCUT2D eigenvalue weighted by atomic mass is 16.2. The van der Waals surface area contributed by atoms with Gasteiger partial charge in [-0.25, -0.2) is 0 Å². The first-order valence-corrected chi connectivity index (χ1v) is 5.33. The molecule has 0 spiro atoms. The highest BCUT2D eigenvalue weighted by Gasteiger charge is 2.20. The predicted molar refractivity (Wildman–Crippen MR) is 58.1 cm³/mol. The molecule has 0 aromatic carbocycles. The van der Waals surface area contributed by atoms with Gasteiger partial charge in [0.15, 0.2) is 0 Å². The average Bonchev–Trinajstić information content (AvgIpc) is 2.26. The summed E-state index contributed by atoms with van der Waals surface area (Å²) in [5, 5.41) is 3.31. The van der Waals surface area contributed by atoms with Crippen molar-refractivity contribution in [2.75, 3.05) is 20.1 Å². The molecule has 1 rings (SSSR count). The van der Waals surface area contributed by atoms with Crippen LogP contribution in [0, 0.1) is 0 Å². The number of hydrogen-bond donors (Lipinski definition) is 1. The van der Waals surface area contributed by atoms with Gasteiger partial charge >= 0.3 is 0 Å². The van der Waals surface area contributed by atoms with Gasteiger partial charge in [0, 0.05) is 26.1 Å². The molecule has 1 unspecified atom stereocenters. The lowest BCUT2D eigenvalue weighted by atomic mass is 10.1. The molecule has 1 heterocycles. The number of likely N-dealkylation sites (N-methyl/N-ethyl adjacent to an activating group) is 1. The van der Waals surface area contributed by atoms with Crippen LogP contribution < -0.4 is 5.32 Å². The molecule has 1 fully saturated rings. The summed E-state index contributed by atoms with van der Waals surface area (Å²) in [6, 6.07) is 0.390. The van der Waals surface area contributed by atoms with E-state index >= 15 is 0 Å². The number of carbonyl (C=O) groups is 1. The topological polar surface area (TPSA) is 32.3 Å². The Labute approximate surface area is 86.2 Å². The van der Waals surface area contributed by atoms with Crippen LogP contribution in [0.1, 0.15) is 25.7 Å². The minimum Gasteiger partial charge on any atom is -0.341 e. The summed E-state index contributed by atoms with van der Waals surface area (Å²) in [5.41, 5.74) is 0. The molecule has 0 saturated carbocycles. The first-order chi connectivity index (χ1) is 6.75. The molecule has 0 aliphatic carbocycles. The fourth-order valence-corrected chi connectivity index (χ4v) is 1.77. The monoisotopic (exact) mass is 196 g/mol. The van der Waals surface area contributed by atoms with Crippen LogP contribution in [0.25, 0.3) is 0 Å². The molecule has 14 heavy (non-hydrogen) atoms. The van der Waals surface area contributed by atoms with E-state index in [4.69, 9.17) is 0 Å². The number of piperidine rings is 1. The van der Waals surface area contributed by atoms with Gasteiger partial charge in [-0.1, -0.05) is 6.08 Å². The van der Waals surface area contributed by atoms with Crippen LogP contribution >= 0.6 is 0 Å². The Hall–Kier alpha value is -0.830. The lowest BCUT2D eigenvalue weighted by molar-refractivity contribution is -0.132. The third-order valence-corrected chi connectivity index (χ3v) is 2.77. The molecule has 1 N–H and O–H groups in total. The molecular weight excluding hydrogens is 176 g/mol. The number of carbonyl (C=O) groups excluding carboxylic acids is 1. The third kappa shape index (κ3) is 3.14. The Morgan fingerprint density at radius 1 is 1.71 bits per heavy atom. The van der Waals surface area contributed by atoms with Crippen molar-refractivity contribution >= 4 is 5.91 Å². The van der Waals surface area contributed by atoms with Crippen molar-refractivity contribution in [3.63, 3.8) is 0 Å². The zero-order valence-corrected chi connectivity index (χ0v) is 8.96. The molecule has 1 saturated heterocycles. The molecule has 1 aliphatic heterocycles. The number of nitrogens with zero attached hydrogens (tertiary/aromatic N) is 1. The number of nitrogens with one attached hydrogen (secondary N) is 1. The summed E-state index contributed by atoms with van der Waals surface area (Å²) in [6.45, 7) is 5.65. The lowest BCUT2D eigenvalue weighted by Gasteiger charge is -2.31.